The zero-order valence-electron chi connectivity index (χ0n) is 14.1. The van der Waals surface area contributed by atoms with Crippen LogP contribution >= 0.6 is 23.4 Å². The second-order valence-electron chi connectivity index (χ2n) is 5.62. The van der Waals surface area contributed by atoms with Crippen molar-refractivity contribution in [3.05, 3.63) is 58.6 Å². The van der Waals surface area contributed by atoms with Gasteiger partial charge in [-0.1, -0.05) is 29.3 Å². The van der Waals surface area contributed by atoms with E-state index in [1.54, 1.807) is 30.8 Å². The van der Waals surface area contributed by atoms with Gasteiger partial charge in [0, 0.05) is 22.2 Å². The van der Waals surface area contributed by atoms with Gasteiger partial charge < -0.3 is 10.1 Å². The number of amides is 1. The number of benzene rings is 2. The molecule has 3 nitrogen and oxygen atoms in total. The van der Waals surface area contributed by atoms with Crippen LogP contribution in [0.25, 0.3) is 0 Å². The lowest BCUT2D eigenvalue weighted by atomic mass is 10.2. The molecule has 1 atom stereocenters. The molecule has 0 aliphatic rings. The summed E-state index contributed by atoms with van der Waals surface area (Å²) in [7, 11) is 0. The molecule has 0 unspecified atom stereocenters. The van der Waals surface area contributed by atoms with Gasteiger partial charge in [0.1, 0.15) is 5.75 Å². The van der Waals surface area contributed by atoms with Crippen molar-refractivity contribution in [2.45, 2.75) is 31.8 Å². The van der Waals surface area contributed by atoms with E-state index in [1.807, 2.05) is 13.0 Å². The molecular weight excluding hydrogens is 342 g/mol. The average molecular weight is 364 g/mol. The SMILES string of the molecule is Cc1ccc(SCCNC(=O)[C@@H](C)Oc2ccc(Cl)c(C)c2)cc1. The fourth-order valence-electron chi connectivity index (χ4n) is 2.07. The number of ether oxygens (including phenoxy) is 1. The van der Waals surface area contributed by atoms with Crippen LogP contribution in [-0.2, 0) is 4.79 Å². The molecule has 0 saturated carbocycles. The van der Waals surface area contributed by atoms with Crippen molar-refractivity contribution in [2.24, 2.45) is 0 Å². The summed E-state index contributed by atoms with van der Waals surface area (Å²) in [6, 6.07) is 13.7. The number of aryl methyl sites for hydroxylation is 2. The molecule has 1 amide bonds. The summed E-state index contributed by atoms with van der Waals surface area (Å²) in [5.74, 6) is 1.35. The normalized spacial score (nSPS) is 11.8. The number of halogens is 1. The van der Waals surface area contributed by atoms with E-state index in [-0.39, 0.29) is 5.91 Å². The summed E-state index contributed by atoms with van der Waals surface area (Å²) in [6.07, 6.45) is -0.546. The molecule has 2 aromatic carbocycles. The monoisotopic (exact) mass is 363 g/mol. The summed E-state index contributed by atoms with van der Waals surface area (Å²) in [6.45, 7) is 6.32. The van der Waals surface area contributed by atoms with Crippen LogP contribution in [0.2, 0.25) is 5.02 Å². The molecule has 2 rings (SSSR count). The average Bonchev–Trinajstić information content (AvgIpc) is 2.56. The van der Waals surface area contributed by atoms with Gasteiger partial charge in [-0.15, -0.1) is 11.8 Å². The van der Waals surface area contributed by atoms with E-state index < -0.39 is 6.10 Å². The van der Waals surface area contributed by atoms with Gasteiger partial charge in [0.25, 0.3) is 5.91 Å². The second-order valence-corrected chi connectivity index (χ2v) is 7.20. The predicted molar refractivity (Wildman–Crippen MR) is 101 cm³/mol. The van der Waals surface area contributed by atoms with Gasteiger partial charge in [-0.25, -0.2) is 0 Å². The van der Waals surface area contributed by atoms with Crippen LogP contribution in [0.3, 0.4) is 0 Å². The van der Waals surface area contributed by atoms with Gasteiger partial charge in [0.05, 0.1) is 0 Å². The number of thioether (sulfide) groups is 1. The van der Waals surface area contributed by atoms with Gasteiger partial charge in [-0.2, -0.15) is 0 Å². The summed E-state index contributed by atoms with van der Waals surface area (Å²) in [5, 5.41) is 3.59. The minimum Gasteiger partial charge on any atom is -0.481 e. The Kier molecular flexibility index (Phi) is 7.00. The number of hydrogen-bond donors (Lipinski definition) is 1. The third kappa shape index (κ3) is 5.77. The topological polar surface area (TPSA) is 38.3 Å². The fraction of sp³-hybridized carbons (Fsp3) is 0.316. The Bertz CT molecular complexity index is 688. The lowest BCUT2D eigenvalue weighted by Crippen LogP contribution is -2.37. The minimum absolute atomic E-state index is 0.118. The van der Waals surface area contributed by atoms with Crippen LogP contribution in [-0.4, -0.2) is 24.3 Å². The van der Waals surface area contributed by atoms with E-state index >= 15 is 0 Å². The first-order chi connectivity index (χ1) is 11.5. The smallest absolute Gasteiger partial charge is 0.260 e. The fourth-order valence-corrected chi connectivity index (χ4v) is 2.96. The highest BCUT2D eigenvalue weighted by atomic mass is 35.5. The van der Waals surface area contributed by atoms with Crippen molar-refractivity contribution in [3.63, 3.8) is 0 Å². The number of hydrogen-bond acceptors (Lipinski definition) is 3. The number of carbonyl (C=O) groups excluding carboxylic acids is 1. The van der Waals surface area contributed by atoms with Gasteiger partial charge in [-0.3, -0.25) is 4.79 Å². The van der Waals surface area contributed by atoms with E-state index in [4.69, 9.17) is 16.3 Å². The van der Waals surface area contributed by atoms with E-state index in [0.29, 0.717) is 17.3 Å². The largest absolute Gasteiger partial charge is 0.481 e. The van der Waals surface area contributed by atoms with Crippen LogP contribution in [0.4, 0.5) is 0 Å². The zero-order chi connectivity index (χ0) is 17.5. The van der Waals surface area contributed by atoms with Gasteiger partial charge in [0.15, 0.2) is 6.10 Å². The lowest BCUT2D eigenvalue weighted by Gasteiger charge is -2.15. The maximum Gasteiger partial charge on any atom is 0.260 e. The van der Waals surface area contributed by atoms with Crippen LogP contribution in [0.1, 0.15) is 18.1 Å². The third-order valence-corrected chi connectivity index (χ3v) is 4.94. The molecule has 0 saturated heterocycles. The van der Waals surface area contributed by atoms with Crippen molar-refractivity contribution >= 4 is 29.3 Å². The first kappa shape index (κ1) is 18.7. The Labute approximate surface area is 152 Å². The highest BCUT2D eigenvalue weighted by Crippen LogP contribution is 2.22. The molecule has 0 aliphatic carbocycles. The van der Waals surface area contributed by atoms with Crippen LogP contribution < -0.4 is 10.1 Å². The van der Waals surface area contributed by atoms with Crippen molar-refractivity contribution in [3.8, 4) is 5.75 Å². The lowest BCUT2D eigenvalue weighted by molar-refractivity contribution is -0.127. The Morgan fingerprint density at radius 3 is 2.58 bits per heavy atom. The Hall–Kier alpha value is -1.65. The highest BCUT2D eigenvalue weighted by molar-refractivity contribution is 7.99. The highest BCUT2D eigenvalue weighted by Gasteiger charge is 2.14. The first-order valence-corrected chi connectivity index (χ1v) is 9.22. The number of nitrogens with one attached hydrogen (secondary N) is 1. The number of rotatable bonds is 7. The summed E-state index contributed by atoms with van der Waals surface area (Å²) < 4.78 is 5.66. The maximum absolute atomic E-state index is 12.1. The van der Waals surface area contributed by atoms with E-state index in [0.717, 1.165) is 11.3 Å². The van der Waals surface area contributed by atoms with Crippen LogP contribution in [0.5, 0.6) is 5.75 Å². The van der Waals surface area contributed by atoms with Crippen molar-refractivity contribution < 1.29 is 9.53 Å². The quantitative estimate of drug-likeness (QED) is 0.575. The van der Waals surface area contributed by atoms with Crippen LogP contribution in [0, 0.1) is 13.8 Å². The summed E-state index contributed by atoms with van der Waals surface area (Å²) >= 11 is 7.71. The van der Waals surface area contributed by atoms with E-state index in [1.165, 1.54) is 10.5 Å². The zero-order valence-corrected chi connectivity index (χ0v) is 15.7. The molecule has 0 spiro atoms. The molecular formula is C19H22ClNO2S. The Balaban J connectivity index is 1.73. The first-order valence-electron chi connectivity index (χ1n) is 7.85. The molecule has 1 N–H and O–H groups in total. The summed E-state index contributed by atoms with van der Waals surface area (Å²) in [4.78, 5) is 13.3. The van der Waals surface area contributed by atoms with Gasteiger partial charge in [0.2, 0.25) is 0 Å². The Morgan fingerprint density at radius 1 is 1.21 bits per heavy atom. The predicted octanol–water partition coefficient (Wildman–Crippen LogP) is 4.63. The molecule has 0 fully saturated rings. The molecule has 2 aromatic rings. The third-order valence-electron chi connectivity index (χ3n) is 3.50. The molecule has 0 aromatic heterocycles. The molecule has 0 radical (unpaired) electrons. The van der Waals surface area contributed by atoms with Gasteiger partial charge in [-0.05, 0) is 56.7 Å². The van der Waals surface area contributed by atoms with Crippen molar-refractivity contribution in [1.82, 2.24) is 5.32 Å². The maximum atomic E-state index is 12.1. The molecule has 5 heteroatoms. The van der Waals surface area contributed by atoms with E-state index in [9.17, 15) is 4.79 Å². The second kappa shape index (κ2) is 9.00. The van der Waals surface area contributed by atoms with Gasteiger partial charge >= 0.3 is 0 Å². The molecule has 0 aliphatic heterocycles. The molecule has 0 heterocycles. The summed E-state index contributed by atoms with van der Waals surface area (Å²) in [5.41, 5.74) is 2.17. The Morgan fingerprint density at radius 2 is 1.92 bits per heavy atom. The molecule has 24 heavy (non-hydrogen) atoms. The minimum atomic E-state index is -0.546. The van der Waals surface area contributed by atoms with Crippen LogP contribution in [0.15, 0.2) is 47.4 Å². The molecule has 128 valence electrons. The standard InChI is InChI=1S/C19H22ClNO2S/c1-13-4-7-17(8-5-13)24-11-10-21-19(22)15(3)23-16-6-9-18(20)14(2)12-16/h4-9,12,15H,10-11H2,1-3H3,(H,21,22)/t15-/m1/s1. The van der Waals surface area contributed by atoms with E-state index in [2.05, 4.69) is 36.5 Å². The van der Waals surface area contributed by atoms with Crippen molar-refractivity contribution in [1.29, 1.82) is 0 Å². The molecule has 0 bridgehead atoms. The van der Waals surface area contributed by atoms with Crippen molar-refractivity contribution in [2.75, 3.05) is 12.3 Å². The number of carbonyl (C=O) groups is 1.